The van der Waals surface area contributed by atoms with Crippen LogP contribution in [0.5, 0.6) is 11.5 Å². The molecule has 0 saturated carbocycles. The van der Waals surface area contributed by atoms with E-state index >= 15 is 0 Å². The fourth-order valence-electron chi connectivity index (χ4n) is 2.02. The summed E-state index contributed by atoms with van der Waals surface area (Å²) in [4.78, 5) is 12.0. The predicted octanol–water partition coefficient (Wildman–Crippen LogP) is 2.96. The molecule has 1 aromatic carbocycles. The summed E-state index contributed by atoms with van der Waals surface area (Å²) in [5.74, 6) is 1.24. The van der Waals surface area contributed by atoms with Crippen LogP contribution >= 0.6 is 0 Å². The van der Waals surface area contributed by atoms with Crippen LogP contribution in [-0.4, -0.2) is 24.3 Å². The summed E-state index contributed by atoms with van der Waals surface area (Å²) in [7, 11) is 0. The summed E-state index contributed by atoms with van der Waals surface area (Å²) < 4.78 is 16.0. The number of carbonyl (C=O) groups is 1. The fraction of sp³-hybridized carbons (Fsp3) is 0.375. The van der Waals surface area contributed by atoms with E-state index in [1.165, 1.54) is 12.3 Å². The molecule has 0 bridgehead atoms. The second-order valence-electron chi connectivity index (χ2n) is 4.64. The zero-order valence-corrected chi connectivity index (χ0v) is 13.0. The van der Waals surface area contributed by atoms with Gasteiger partial charge in [-0.15, -0.1) is 0 Å². The molecule has 1 N–H and O–H groups in total. The van der Waals surface area contributed by atoms with Crippen LogP contribution in [0.4, 0.5) is 0 Å². The second kappa shape index (κ2) is 7.49. The van der Waals surface area contributed by atoms with Gasteiger partial charge in [-0.1, -0.05) is 11.2 Å². The van der Waals surface area contributed by atoms with Crippen molar-refractivity contribution >= 4 is 5.91 Å². The van der Waals surface area contributed by atoms with E-state index in [1.54, 1.807) is 0 Å². The first-order chi connectivity index (χ1) is 10.7. The number of amides is 1. The molecular weight excluding hydrogens is 284 g/mol. The average Bonchev–Trinajstić information content (AvgIpc) is 3.04. The summed E-state index contributed by atoms with van der Waals surface area (Å²) in [5, 5.41) is 6.37. The van der Waals surface area contributed by atoms with Crippen LogP contribution in [-0.2, 0) is 0 Å². The van der Waals surface area contributed by atoms with Crippen molar-refractivity contribution in [1.29, 1.82) is 0 Å². The van der Waals surface area contributed by atoms with E-state index in [-0.39, 0.29) is 17.7 Å². The number of benzene rings is 1. The minimum atomic E-state index is -0.308. The minimum Gasteiger partial charge on any atom is -0.490 e. The smallest absolute Gasteiger partial charge is 0.290 e. The second-order valence-corrected chi connectivity index (χ2v) is 4.64. The highest BCUT2D eigenvalue weighted by Crippen LogP contribution is 2.30. The lowest BCUT2D eigenvalue weighted by atomic mass is 10.1. The van der Waals surface area contributed by atoms with Crippen LogP contribution in [0.1, 0.15) is 42.9 Å². The van der Waals surface area contributed by atoms with E-state index in [1.807, 2.05) is 39.0 Å². The van der Waals surface area contributed by atoms with Gasteiger partial charge < -0.3 is 19.3 Å². The molecule has 1 atom stereocenters. The molecule has 0 aliphatic rings. The standard InChI is InChI=1S/C16H20N2O4/c1-4-20-13-7-6-12(10-15(13)21-5-2)11(3)18-16(19)14-8-9-17-22-14/h6-11H,4-5H2,1-3H3,(H,18,19)/t11-/m0/s1. The number of carbonyl (C=O) groups excluding carboxylic acids is 1. The van der Waals surface area contributed by atoms with Crippen molar-refractivity contribution in [2.75, 3.05) is 13.2 Å². The Balaban J connectivity index is 2.13. The molecule has 0 aliphatic carbocycles. The number of aromatic nitrogens is 1. The molecule has 0 saturated heterocycles. The zero-order chi connectivity index (χ0) is 15.9. The van der Waals surface area contributed by atoms with E-state index in [0.29, 0.717) is 24.7 Å². The summed E-state index contributed by atoms with van der Waals surface area (Å²) in [6, 6.07) is 6.94. The molecular formula is C16H20N2O4. The Kier molecular flexibility index (Phi) is 5.41. The first-order valence-corrected chi connectivity index (χ1v) is 7.26. The molecule has 118 valence electrons. The monoisotopic (exact) mass is 304 g/mol. The van der Waals surface area contributed by atoms with Crippen LogP contribution in [0.2, 0.25) is 0 Å². The number of nitrogens with zero attached hydrogens (tertiary/aromatic N) is 1. The molecule has 0 aliphatic heterocycles. The maximum atomic E-state index is 12.0. The van der Waals surface area contributed by atoms with Gasteiger partial charge in [-0.05, 0) is 38.5 Å². The molecule has 2 rings (SSSR count). The van der Waals surface area contributed by atoms with Gasteiger partial charge in [0.05, 0.1) is 25.5 Å². The number of hydrogen-bond acceptors (Lipinski definition) is 5. The SMILES string of the molecule is CCOc1ccc([C@H](C)NC(=O)c2ccno2)cc1OCC. The summed E-state index contributed by atoms with van der Waals surface area (Å²) in [6.45, 7) is 6.83. The summed E-state index contributed by atoms with van der Waals surface area (Å²) in [5.41, 5.74) is 0.916. The van der Waals surface area contributed by atoms with E-state index in [2.05, 4.69) is 10.5 Å². The molecule has 1 heterocycles. The number of rotatable bonds is 7. The maximum absolute atomic E-state index is 12.0. The highest BCUT2D eigenvalue weighted by Gasteiger charge is 2.16. The maximum Gasteiger partial charge on any atom is 0.290 e. The van der Waals surface area contributed by atoms with Gasteiger partial charge in [0.25, 0.3) is 5.91 Å². The Labute approximate surface area is 129 Å². The first kappa shape index (κ1) is 15.9. The van der Waals surface area contributed by atoms with E-state index in [0.717, 1.165) is 5.56 Å². The molecule has 0 radical (unpaired) electrons. The first-order valence-electron chi connectivity index (χ1n) is 7.26. The number of ether oxygens (including phenoxy) is 2. The molecule has 1 aromatic heterocycles. The van der Waals surface area contributed by atoms with Crippen molar-refractivity contribution in [2.24, 2.45) is 0 Å². The highest BCUT2D eigenvalue weighted by atomic mass is 16.5. The Morgan fingerprint density at radius 1 is 1.23 bits per heavy atom. The van der Waals surface area contributed by atoms with Crippen LogP contribution in [0.25, 0.3) is 0 Å². The highest BCUT2D eigenvalue weighted by molar-refractivity contribution is 5.91. The molecule has 6 heteroatoms. The van der Waals surface area contributed by atoms with Gasteiger partial charge in [0.15, 0.2) is 11.5 Å². The molecule has 22 heavy (non-hydrogen) atoms. The van der Waals surface area contributed by atoms with Crippen molar-refractivity contribution in [3.63, 3.8) is 0 Å². The lowest BCUT2D eigenvalue weighted by molar-refractivity contribution is 0.0902. The van der Waals surface area contributed by atoms with Crippen LogP contribution in [0, 0.1) is 0 Å². The van der Waals surface area contributed by atoms with Crippen LogP contribution < -0.4 is 14.8 Å². The number of nitrogens with one attached hydrogen (secondary N) is 1. The van der Waals surface area contributed by atoms with Crippen molar-refractivity contribution < 1.29 is 18.8 Å². The lowest BCUT2D eigenvalue weighted by Gasteiger charge is -2.17. The molecule has 1 amide bonds. The van der Waals surface area contributed by atoms with Crippen molar-refractivity contribution in [3.8, 4) is 11.5 Å². The lowest BCUT2D eigenvalue weighted by Crippen LogP contribution is -2.26. The fourth-order valence-corrected chi connectivity index (χ4v) is 2.02. The van der Waals surface area contributed by atoms with Gasteiger partial charge >= 0.3 is 0 Å². The Morgan fingerprint density at radius 2 is 1.95 bits per heavy atom. The normalized spacial score (nSPS) is 11.8. The van der Waals surface area contributed by atoms with Crippen molar-refractivity contribution in [2.45, 2.75) is 26.8 Å². The van der Waals surface area contributed by atoms with E-state index in [4.69, 9.17) is 14.0 Å². The Bertz CT molecular complexity index is 611. The van der Waals surface area contributed by atoms with Crippen molar-refractivity contribution in [1.82, 2.24) is 10.5 Å². The Morgan fingerprint density at radius 3 is 2.59 bits per heavy atom. The third-order valence-electron chi connectivity index (χ3n) is 3.08. The van der Waals surface area contributed by atoms with E-state index in [9.17, 15) is 4.79 Å². The minimum absolute atomic E-state index is 0.183. The van der Waals surface area contributed by atoms with Crippen molar-refractivity contribution in [3.05, 3.63) is 41.8 Å². The van der Waals surface area contributed by atoms with Gasteiger partial charge in [0, 0.05) is 6.07 Å². The van der Waals surface area contributed by atoms with Gasteiger partial charge in [0.1, 0.15) is 0 Å². The van der Waals surface area contributed by atoms with Gasteiger partial charge in [-0.25, -0.2) is 0 Å². The molecule has 0 spiro atoms. The van der Waals surface area contributed by atoms with Gasteiger partial charge in [0.2, 0.25) is 5.76 Å². The van der Waals surface area contributed by atoms with Crippen LogP contribution in [0.15, 0.2) is 35.0 Å². The average molecular weight is 304 g/mol. The largest absolute Gasteiger partial charge is 0.490 e. The predicted molar refractivity (Wildman–Crippen MR) is 81.2 cm³/mol. The third kappa shape index (κ3) is 3.78. The van der Waals surface area contributed by atoms with E-state index < -0.39 is 0 Å². The summed E-state index contributed by atoms with van der Waals surface area (Å²) in [6.07, 6.45) is 1.43. The van der Waals surface area contributed by atoms with Crippen LogP contribution in [0.3, 0.4) is 0 Å². The Hall–Kier alpha value is -2.50. The molecule has 6 nitrogen and oxygen atoms in total. The number of hydrogen-bond donors (Lipinski definition) is 1. The summed E-state index contributed by atoms with van der Waals surface area (Å²) >= 11 is 0. The molecule has 0 fully saturated rings. The van der Waals surface area contributed by atoms with Gasteiger partial charge in [-0.3, -0.25) is 4.79 Å². The zero-order valence-electron chi connectivity index (χ0n) is 13.0. The quantitative estimate of drug-likeness (QED) is 0.851. The third-order valence-corrected chi connectivity index (χ3v) is 3.08. The topological polar surface area (TPSA) is 73.6 Å². The van der Waals surface area contributed by atoms with Gasteiger partial charge in [-0.2, -0.15) is 0 Å². The molecule has 2 aromatic rings. The molecule has 0 unspecified atom stereocenters.